The van der Waals surface area contributed by atoms with Crippen molar-refractivity contribution in [2.24, 2.45) is 0 Å². The van der Waals surface area contributed by atoms with Gasteiger partial charge in [0.2, 0.25) is 0 Å². The molecule has 0 spiro atoms. The van der Waals surface area contributed by atoms with Crippen molar-refractivity contribution in [1.82, 2.24) is 0 Å². The third kappa shape index (κ3) is 4.36. The smallest absolute Gasteiger partial charge is 0.291 e. The van der Waals surface area contributed by atoms with E-state index in [0.717, 1.165) is 24.4 Å². The zero-order valence-electron chi connectivity index (χ0n) is 14.5. The first-order valence-electron chi connectivity index (χ1n) is 8.27. The molecule has 6 heteroatoms. The van der Waals surface area contributed by atoms with Crippen LogP contribution in [0.5, 0.6) is 5.75 Å². The van der Waals surface area contributed by atoms with Gasteiger partial charge < -0.3 is 25.5 Å². The largest absolute Gasteiger partial charge is 0.497 e. The average molecular weight is 351 g/mol. The highest BCUT2D eigenvalue weighted by Gasteiger charge is 2.09. The Morgan fingerprint density at radius 2 is 1.96 bits per heavy atom. The summed E-state index contributed by atoms with van der Waals surface area (Å²) in [6.45, 7) is 0.745. The Morgan fingerprint density at radius 3 is 2.62 bits per heavy atom. The number of carbonyl (C=O) groups is 1. The zero-order chi connectivity index (χ0) is 18.4. The van der Waals surface area contributed by atoms with E-state index >= 15 is 0 Å². The first kappa shape index (κ1) is 17.4. The van der Waals surface area contributed by atoms with Gasteiger partial charge in [-0.15, -0.1) is 0 Å². The van der Waals surface area contributed by atoms with E-state index in [1.165, 1.54) is 11.8 Å². The van der Waals surface area contributed by atoms with Crippen molar-refractivity contribution < 1.29 is 13.9 Å². The molecule has 0 fully saturated rings. The number of anilines is 3. The highest BCUT2D eigenvalue weighted by molar-refractivity contribution is 6.02. The molecule has 0 atom stereocenters. The van der Waals surface area contributed by atoms with Crippen LogP contribution in [0, 0.1) is 0 Å². The molecule has 6 nitrogen and oxygen atoms in total. The number of amides is 1. The van der Waals surface area contributed by atoms with Crippen LogP contribution >= 0.6 is 0 Å². The van der Waals surface area contributed by atoms with Crippen molar-refractivity contribution in [2.75, 3.05) is 30.0 Å². The van der Waals surface area contributed by atoms with Gasteiger partial charge in [0.15, 0.2) is 5.76 Å². The lowest BCUT2D eigenvalue weighted by molar-refractivity contribution is 0.0996. The summed E-state index contributed by atoms with van der Waals surface area (Å²) in [6.07, 6.45) is 2.32. The number of methoxy groups -OCH3 is 1. The van der Waals surface area contributed by atoms with Crippen LogP contribution in [0.1, 0.15) is 16.1 Å². The lowest BCUT2D eigenvalue weighted by atomic mass is 10.1. The fourth-order valence-corrected chi connectivity index (χ4v) is 2.54. The maximum Gasteiger partial charge on any atom is 0.291 e. The summed E-state index contributed by atoms with van der Waals surface area (Å²) >= 11 is 0. The SMILES string of the molecule is COc1ccc(CCNc2ccc(NC(=O)c3ccco3)cc2N)cc1. The molecule has 0 bridgehead atoms. The van der Waals surface area contributed by atoms with Crippen LogP contribution in [-0.2, 0) is 6.42 Å². The molecule has 0 aliphatic heterocycles. The van der Waals surface area contributed by atoms with Crippen molar-refractivity contribution in [3.8, 4) is 5.75 Å². The number of hydrogen-bond donors (Lipinski definition) is 3. The van der Waals surface area contributed by atoms with Crippen LogP contribution in [-0.4, -0.2) is 19.6 Å². The van der Waals surface area contributed by atoms with Gasteiger partial charge in [-0.2, -0.15) is 0 Å². The Hall–Kier alpha value is -3.41. The normalized spacial score (nSPS) is 10.3. The minimum Gasteiger partial charge on any atom is -0.497 e. The van der Waals surface area contributed by atoms with Crippen LogP contribution in [0.15, 0.2) is 65.3 Å². The maximum atomic E-state index is 12.0. The van der Waals surface area contributed by atoms with E-state index in [1.54, 1.807) is 31.4 Å². The second-order valence-electron chi connectivity index (χ2n) is 5.76. The van der Waals surface area contributed by atoms with E-state index < -0.39 is 0 Å². The fourth-order valence-electron chi connectivity index (χ4n) is 2.54. The van der Waals surface area contributed by atoms with E-state index in [4.69, 9.17) is 14.9 Å². The standard InChI is InChI=1S/C20H21N3O3/c1-25-16-7-4-14(5-8-16)10-11-22-18-9-6-15(13-17(18)21)23-20(24)19-3-2-12-26-19/h2-9,12-13,22H,10-11,21H2,1H3,(H,23,24). The number of nitrogens with one attached hydrogen (secondary N) is 2. The van der Waals surface area contributed by atoms with Crippen LogP contribution in [0.3, 0.4) is 0 Å². The number of nitrogen functional groups attached to an aromatic ring is 1. The van der Waals surface area contributed by atoms with E-state index in [2.05, 4.69) is 10.6 Å². The minimum absolute atomic E-state index is 0.255. The van der Waals surface area contributed by atoms with Gasteiger partial charge in [0, 0.05) is 12.2 Å². The van der Waals surface area contributed by atoms with Crippen LogP contribution in [0.2, 0.25) is 0 Å². The summed E-state index contributed by atoms with van der Waals surface area (Å²) in [5, 5.41) is 6.06. The van der Waals surface area contributed by atoms with Crippen molar-refractivity contribution in [3.63, 3.8) is 0 Å². The highest BCUT2D eigenvalue weighted by atomic mass is 16.5. The van der Waals surface area contributed by atoms with Gasteiger partial charge in [-0.05, 0) is 54.4 Å². The molecule has 3 aromatic rings. The summed E-state index contributed by atoms with van der Waals surface area (Å²) in [5.74, 6) is 0.790. The number of carbonyl (C=O) groups excluding carboxylic acids is 1. The topological polar surface area (TPSA) is 89.5 Å². The summed E-state index contributed by atoms with van der Waals surface area (Å²) in [7, 11) is 1.65. The molecule has 0 radical (unpaired) electrons. The number of hydrogen-bond acceptors (Lipinski definition) is 5. The van der Waals surface area contributed by atoms with Gasteiger partial charge in [0.05, 0.1) is 24.7 Å². The molecule has 26 heavy (non-hydrogen) atoms. The number of rotatable bonds is 7. The summed E-state index contributed by atoms with van der Waals surface area (Å²) in [4.78, 5) is 12.0. The summed E-state index contributed by atoms with van der Waals surface area (Å²) in [5.41, 5.74) is 9.30. The Labute approximate surface area is 152 Å². The molecule has 0 saturated heterocycles. The molecule has 134 valence electrons. The average Bonchev–Trinajstić information content (AvgIpc) is 3.19. The maximum absolute atomic E-state index is 12.0. The predicted molar refractivity (Wildman–Crippen MR) is 103 cm³/mol. The Morgan fingerprint density at radius 1 is 1.15 bits per heavy atom. The third-order valence-electron chi connectivity index (χ3n) is 3.94. The van der Waals surface area contributed by atoms with E-state index in [9.17, 15) is 4.79 Å². The molecule has 0 aliphatic rings. The molecule has 1 aromatic heterocycles. The molecule has 0 aliphatic carbocycles. The van der Waals surface area contributed by atoms with Crippen molar-refractivity contribution in [2.45, 2.75) is 6.42 Å². The van der Waals surface area contributed by atoms with E-state index in [-0.39, 0.29) is 11.7 Å². The van der Waals surface area contributed by atoms with Gasteiger partial charge >= 0.3 is 0 Å². The van der Waals surface area contributed by atoms with E-state index in [1.807, 2.05) is 30.3 Å². The molecular weight excluding hydrogens is 330 g/mol. The van der Waals surface area contributed by atoms with E-state index in [0.29, 0.717) is 11.4 Å². The van der Waals surface area contributed by atoms with Gasteiger partial charge in [-0.3, -0.25) is 4.79 Å². The minimum atomic E-state index is -0.311. The first-order valence-corrected chi connectivity index (χ1v) is 8.27. The first-order chi connectivity index (χ1) is 12.7. The number of nitrogens with two attached hydrogens (primary N) is 1. The van der Waals surface area contributed by atoms with Crippen LogP contribution in [0.25, 0.3) is 0 Å². The lowest BCUT2D eigenvalue weighted by Crippen LogP contribution is -2.12. The van der Waals surface area contributed by atoms with Crippen molar-refractivity contribution >= 4 is 23.0 Å². The van der Waals surface area contributed by atoms with Gasteiger partial charge in [-0.25, -0.2) is 0 Å². The van der Waals surface area contributed by atoms with Gasteiger partial charge in [0.25, 0.3) is 5.91 Å². The molecule has 0 saturated carbocycles. The van der Waals surface area contributed by atoms with Crippen molar-refractivity contribution in [3.05, 3.63) is 72.2 Å². The zero-order valence-corrected chi connectivity index (χ0v) is 14.5. The number of ether oxygens (including phenoxy) is 1. The highest BCUT2D eigenvalue weighted by Crippen LogP contribution is 2.23. The van der Waals surface area contributed by atoms with Gasteiger partial charge in [0.1, 0.15) is 5.75 Å². The van der Waals surface area contributed by atoms with Crippen LogP contribution < -0.4 is 21.1 Å². The molecule has 2 aromatic carbocycles. The Balaban J connectivity index is 1.54. The lowest BCUT2D eigenvalue weighted by Gasteiger charge is -2.11. The number of furan rings is 1. The molecule has 4 N–H and O–H groups in total. The quantitative estimate of drug-likeness (QED) is 0.564. The molecular formula is C20H21N3O3. The second-order valence-corrected chi connectivity index (χ2v) is 5.76. The van der Waals surface area contributed by atoms with Gasteiger partial charge in [-0.1, -0.05) is 12.1 Å². The molecule has 1 heterocycles. The second kappa shape index (κ2) is 8.11. The fraction of sp³-hybridized carbons (Fsp3) is 0.150. The monoisotopic (exact) mass is 351 g/mol. The number of benzene rings is 2. The predicted octanol–water partition coefficient (Wildman–Crippen LogP) is 3.78. The summed E-state index contributed by atoms with van der Waals surface area (Å²) < 4.78 is 10.2. The Kier molecular flexibility index (Phi) is 5.43. The van der Waals surface area contributed by atoms with Crippen molar-refractivity contribution in [1.29, 1.82) is 0 Å². The third-order valence-corrected chi connectivity index (χ3v) is 3.94. The molecule has 3 rings (SSSR count). The summed E-state index contributed by atoms with van der Waals surface area (Å²) in [6, 6.07) is 16.6. The molecule has 1 amide bonds. The molecule has 0 unspecified atom stereocenters. The Bertz CT molecular complexity index is 859. The van der Waals surface area contributed by atoms with Crippen LogP contribution in [0.4, 0.5) is 17.1 Å².